The molecule has 2 aromatic rings. The van der Waals surface area contributed by atoms with Gasteiger partial charge in [-0.1, -0.05) is 36.2 Å². The first-order chi connectivity index (χ1) is 10.3. The molecule has 0 amide bonds. The lowest BCUT2D eigenvalue weighted by atomic mass is 9.60. The van der Waals surface area contributed by atoms with Crippen LogP contribution in [-0.2, 0) is 18.3 Å². The van der Waals surface area contributed by atoms with Gasteiger partial charge in [-0.05, 0) is 67.3 Å². The lowest BCUT2D eigenvalue weighted by Gasteiger charge is -2.43. The number of nitrogens with zero attached hydrogens (tertiary/aromatic N) is 1. The Morgan fingerprint density at radius 3 is 2.38 bits per heavy atom. The molecule has 2 aliphatic rings. The lowest BCUT2D eigenvalue weighted by Crippen LogP contribution is -2.35. The fourth-order valence-corrected chi connectivity index (χ4v) is 4.02. The molecule has 1 fully saturated rings. The molecule has 0 spiro atoms. The van der Waals surface area contributed by atoms with Crippen molar-refractivity contribution in [2.75, 3.05) is 0 Å². The van der Waals surface area contributed by atoms with Crippen molar-refractivity contribution in [3.8, 4) is 0 Å². The summed E-state index contributed by atoms with van der Waals surface area (Å²) in [4.78, 5) is 4.78. The number of hydrogen-bond donors (Lipinski definition) is 0. The topological polar surface area (TPSA) is 12.9 Å². The minimum Gasteiger partial charge on any atom is -0.261 e. The van der Waals surface area contributed by atoms with Gasteiger partial charge in [-0.15, -0.1) is 0 Å². The van der Waals surface area contributed by atoms with Crippen molar-refractivity contribution in [1.29, 1.82) is 0 Å². The molecule has 0 bridgehead atoms. The van der Waals surface area contributed by atoms with Crippen LogP contribution in [0.2, 0.25) is 5.02 Å². The van der Waals surface area contributed by atoms with Crippen molar-refractivity contribution in [2.24, 2.45) is 0 Å². The van der Waals surface area contributed by atoms with Gasteiger partial charge in [0.05, 0.1) is 0 Å². The van der Waals surface area contributed by atoms with Crippen molar-refractivity contribution in [3.63, 3.8) is 0 Å². The summed E-state index contributed by atoms with van der Waals surface area (Å²) in [6.45, 7) is 0. The van der Waals surface area contributed by atoms with Crippen molar-refractivity contribution >= 4 is 11.6 Å². The van der Waals surface area contributed by atoms with E-state index in [9.17, 15) is 0 Å². The summed E-state index contributed by atoms with van der Waals surface area (Å²) in [5.74, 6) is 0. The molecule has 0 radical (unpaired) electrons. The molecule has 1 saturated carbocycles. The Hall–Kier alpha value is -1.34. The molecule has 1 heterocycles. The SMILES string of the molecule is Clc1ccc(C2(c3cnc4c(c3)CCCC4)CCC2)cc1. The number of aryl methyl sites for hydroxylation is 2. The summed E-state index contributed by atoms with van der Waals surface area (Å²) in [7, 11) is 0. The van der Waals surface area contributed by atoms with Gasteiger partial charge in [0, 0.05) is 22.3 Å². The monoisotopic (exact) mass is 297 g/mol. The van der Waals surface area contributed by atoms with Crippen molar-refractivity contribution in [2.45, 2.75) is 50.4 Å². The van der Waals surface area contributed by atoms with Crippen LogP contribution in [0, 0.1) is 0 Å². The van der Waals surface area contributed by atoms with E-state index in [4.69, 9.17) is 16.6 Å². The zero-order chi connectivity index (χ0) is 14.3. The minimum atomic E-state index is 0.185. The second-order valence-electron chi connectivity index (χ2n) is 6.48. The van der Waals surface area contributed by atoms with Gasteiger partial charge in [0.1, 0.15) is 0 Å². The van der Waals surface area contributed by atoms with Crippen LogP contribution in [0.5, 0.6) is 0 Å². The third kappa shape index (κ3) is 2.19. The standard InChI is InChI=1S/C19H20ClN/c20-17-8-6-15(7-9-17)19(10-3-11-19)16-12-14-4-1-2-5-18(14)21-13-16/h6-9,12-13H,1-5,10-11H2. The number of pyridine rings is 1. The average Bonchev–Trinajstić information content (AvgIpc) is 2.48. The first-order valence-electron chi connectivity index (χ1n) is 8.02. The van der Waals surface area contributed by atoms with E-state index in [-0.39, 0.29) is 5.41 Å². The molecular weight excluding hydrogens is 278 g/mol. The summed E-state index contributed by atoms with van der Waals surface area (Å²) in [6.07, 6.45) is 10.9. The van der Waals surface area contributed by atoms with E-state index in [1.54, 1.807) is 0 Å². The van der Waals surface area contributed by atoms with Crippen LogP contribution in [0.4, 0.5) is 0 Å². The molecule has 0 saturated heterocycles. The van der Waals surface area contributed by atoms with Crippen LogP contribution < -0.4 is 0 Å². The van der Waals surface area contributed by atoms with Crippen molar-refractivity contribution in [1.82, 2.24) is 4.98 Å². The molecule has 2 heteroatoms. The molecule has 108 valence electrons. The largest absolute Gasteiger partial charge is 0.261 e. The Morgan fingerprint density at radius 2 is 1.67 bits per heavy atom. The zero-order valence-electron chi connectivity index (χ0n) is 12.2. The van der Waals surface area contributed by atoms with Crippen LogP contribution >= 0.6 is 11.6 Å². The molecule has 0 N–H and O–H groups in total. The predicted molar refractivity (Wildman–Crippen MR) is 87.0 cm³/mol. The van der Waals surface area contributed by atoms with E-state index in [2.05, 4.69) is 24.4 Å². The van der Waals surface area contributed by atoms with Gasteiger partial charge in [0.15, 0.2) is 0 Å². The number of rotatable bonds is 2. The Bertz CT molecular complexity index is 656. The highest BCUT2D eigenvalue weighted by Crippen LogP contribution is 2.49. The molecule has 4 rings (SSSR count). The molecule has 1 aromatic heterocycles. The molecule has 2 aliphatic carbocycles. The maximum atomic E-state index is 6.05. The second kappa shape index (κ2) is 5.14. The first-order valence-corrected chi connectivity index (χ1v) is 8.40. The number of halogens is 1. The first kappa shape index (κ1) is 13.3. The minimum absolute atomic E-state index is 0.185. The predicted octanol–water partition coefficient (Wildman–Crippen LogP) is 5.08. The van der Waals surface area contributed by atoms with E-state index in [0.717, 1.165) is 11.4 Å². The van der Waals surface area contributed by atoms with E-state index >= 15 is 0 Å². The zero-order valence-corrected chi connectivity index (χ0v) is 13.0. The Balaban J connectivity index is 1.77. The summed E-state index contributed by atoms with van der Waals surface area (Å²) in [6, 6.07) is 10.9. The highest BCUT2D eigenvalue weighted by atomic mass is 35.5. The van der Waals surface area contributed by atoms with Gasteiger partial charge in [-0.3, -0.25) is 4.98 Å². The molecule has 0 unspecified atom stereocenters. The normalized spacial score (nSPS) is 19.7. The molecule has 0 atom stereocenters. The van der Waals surface area contributed by atoms with Crippen LogP contribution in [-0.4, -0.2) is 4.98 Å². The molecule has 1 aromatic carbocycles. The smallest absolute Gasteiger partial charge is 0.0435 e. The van der Waals surface area contributed by atoms with E-state index in [0.29, 0.717) is 0 Å². The van der Waals surface area contributed by atoms with Gasteiger partial charge in [0.2, 0.25) is 0 Å². The summed E-state index contributed by atoms with van der Waals surface area (Å²) >= 11 is 6.05. The summed E-state index contributed by atoms with van der Waals surface area (Å²) < 4.78 is 0. The molecule has 21 heavy (non-hydrogen) atoms. The Kier molecular flexibility index (Phi) is 3.26. The molecular formula is C19H20ClN. The average molecular weight is 298 g/mol. The van der Waals surface area contributed by atoms with Gasteiger partial charge in [-0.25, -0.2) is 0 Å². The van der Waals surface area contributed by atoms with Crippen molar-refractivity contribution < 1.29 is 0 Å². The number of hydrogen-bond acceptors (Lipinski definition) is 1. The third-order valence-corrected chi connectivity index (χ3v) is 5.58. The fourth-order valence-electron chi connectivity index (χ4n) is 3.89. The number of aromatic nitrogens is 1. The Morgan fingerprint density at radius 1 is 0.905 bits per heavy atom. The van der Waals surface area contributed by atoms with Gasteiger partial charge >= 0.3 is 0 Å². The fraction of sp³-hybridized carbons (Fsp3) is 0.421. The Labute approximate surface area is 131 Å². The maximum absolute atomic E-state index is 6.05. The van der Waals surface area contributed by atoms with Crippen LogP contribution in [0.15, 0.2) is 36.5 Å². The summed E-state index contributed by atoms with van der Waals surface area (Å²) in [5.41, 5.74) is 5.81. The lowest BCUT2D eigenvalue weighted by molar-refractivity contribution is 0.300. The quantitative estimate of drug-likeness (QED) is 0.753. The highest BCUT2D eigenvalue weighted by molar-refractivity contribution is 6.30. The van der Waals surface area contributed by atoms with E-state index < -0.39 is 0 Å². The van der Waals surface area contributed by atoms with Crippen LogP contribution in [0.3, 0.4) is 0 Å². The van der Waals surface area contributed by atoms with E-state index in [1.807, 2.05) is 12.1 Å². The van der Waals surface area contributed by atoms with Gasteiger partial charge < -0.3 is 0 Å². The molecule has 0 aliphatic heterocycles. The van der Waals surface area contributed by atoms with Crippen LogP contribution in [0.25, 0.3) is 0 Å². The summed E-state index contributed by atoms with van der Waals surface area (Å²) in [5, 5.41) is 0.816. The van der Waals surface area contributed by atoms with Crippen LogP contribution in [0.1, 0.15) is 54.5 Å². The molecule has 1 nitrogen and oxygen atoms in total. The van der Waals surface area contributed by atoms with Gasteiger partial charge in [-0.2, -0.15) is 0 Å². The number of benzene rings is 1. The maximum Gasteiger partial charge on any atom is 0.0435 e. The van der Waals surface area contributed by atoms with Gasteiger partial charge in [0.25, 0.3) is 0 Å². The third-order valence-electron chi connectivity index (χ3n) is 5.33. The van der Waals surface area contributed by atoms with E-state index in [1.165, 1.54) is 60.9 Å². The number of fused-ring (bicyclic) bond motifs is 1. The second-order valence-corrected chi connectivity index (χ2v) is 6.92. The van der Waals surface area contributed by atoms with Crippen molar-refractivity contribution in [3.05, 3.63) is 63.9 Å². The highest BCUT2D eigenvalue weighted by Gasteiger charge is 2.40.